The largest absolute Gasteiger partial charge is 0.474 e. The summed E-state index contributed by atoms with van der Waals surface area (Å²) in [6, 6.07) is 1.62. The van der Waals surface area contributed by atoms with Crippen LogP contribution in [0.15, 0.2) is 29.7 Å². The van der Waals surface area contributed by atoms with Crippen molar-refractivity contribution < 1.29 is 41.5 Å². The van der Waals surface area contributed by atoms with Crippen molar-refractivity contribution in [2.75, 3.05) is 18.9 Å². The van der Waals surface area contributed by atoms with Crippen LogP contribution in [0.4, 0.5) is 5.95 Å². The lowest BCUT2D eigenvalue weighted by Crippen LogP contribution is -2.50. The predicted molar refractivity (Wildman–Crippen MR) is 182 cm³/mol. The maximum absolute atomic E-state index is 13.7. The highest BCUT2D eigenvalue weighted by molar-refractivity contribution is 8.44. The maximum Gasteiger partial charge on any atom is 0.386 e. The molecule has 2 saturated heterocycles. The van der Waals surface area contributed by atoms with E-state index in [4.69, 9.17) is 49.5 Å². The molecule has 3 aromatic rings. The van der Waals surface area contributed by atoms with Gasteiger partial charge >= 0.3 is 13.5 Å². The summed E-state index contributed by atoms with van der Waals surface area (Å²) in [5.41, 5.74) is 5.41. The van der Waals surface area contributed by atoms with Gasteiger partial charge in [0.25, 0.3) is 5.56 Å². The molecular formula is C26H39N7O10P2S2Si. The molecule has 0 aromatic carbocycles. The molecule has 9 atom stereocenters. The van der Waals surface area contributed by atoms with E-state index >= 15 is 0 Å². The van der Waals surface area contributed by atoms with Gasteiger partial charge in [0.05, 0.1) is 25.6 Å². The molecule has 3 fully saturated rings. The van der Waals surface area contributed by atoms with Gasteiger partial charge in [0.2, 0.25) is 11.8 Å². The molecule has 2 aliphatic heterocycles. The Morgan fingerprint density at radius 1 is 1.19 bits per heavy atom. The second-order valence-electron chi connectivity index (χ2n) is 13.4. The van der Waals surface area contributed by atoms with Crippen molar-refractivity contribution in [3.8, 4) is 5.88 Å². The Hall–Kier alpha value is -1.80. The SMILES string of the molecule is CC(C)(C)[Si](C)(C)O[C@H]1[C@H]2OP(O)(=S)OC[C@H]3C[C@@H](Oc4ccncn4)C[C@@H]3OP(=O)(S)OC[C@H]1O[C@H]2n1cnc2c(=O)[nH]c(N)nc21. The van der Waals surface area contributed by atoms with Gasteiger partial charge in [0.15, 0.2) is 25.7 Å². The molecule has 17 nitrogen and oxygen atoms in total. The topological polar surface area (TPSA) is 217 Å². The van der Waals surface area contributed by atoms with E-state index < -0.39 is 64.0 Å². The number of thiol groups is 1. The zero-order valence-corrected chi connectivity index (χ0v) is 31.4. The molecule has 0 radical (unpaired) electrons. The highest BCUT2D eigenvalue weighted by atomic mass is 32.7. The average molecular weight is 764 g/mol. The monoisotopic (exact) mass is 763 g/mol. The number of anilines is 1. The minimum atomic E-state index is -4.03. The number of nitrogen functional groups attached to an aromatic ring is 1. The second kappa shape index (κ2) is 13.4. The van der Waals surface area contributed by atoms with E-state index in [0.717, 1.165) is 0 Å². The number of hydrogen-bond donors (Lipinski definition) is 4. The van der Waals surface area contributed by atoms with Gasteiger partial charge in [0, 0.05) is 24.6 Å². The Balaban J connectivity index is 1.36. The molecule has 22 heteroatoms. The third kappa shape index (κ3) is 7.74. The quantitative estimate of drug-likeness (QED) is 0.165. The van der Waals surface area contributed by atoms with Crippen LogP contribution < -0.4 is 16.0 Å². The summed E-state index contributed by atoms with van der Waals surface area (Å²) in [6.07, 6.45) is -0.207. The van der Waals surface area contributed by atoms with Gasteiger partial charge in [-0.15, -0.1) is 0 Å². The first-order chi connectivity index (χ1) is 22.4. The number of nitrogens with zero attached hydrogens (tertiary/aromatic N) is 5. The number of ether oxygens (including phenoxy) is 2. The molecule has 6 rings (SSSR count). The van der Waals surface area contributed by atoms with E-state index in [0.29, 0.717) is 18.7 Å². The number of fused-ring (bicyclic) bond motifs is 4. The van der Waals surface area contributed by atoms with Gasteiger partial charge in [-0.1, -0.05) is 33.0 Å². The number of hydrogen-bond acceptors (Lipinski definition) is 15. The van der Waals surface area contributed by atoms with Crippen LogP contribution >= 0.6 is 25.8 Å². The third-order valence-corrected chi connectivity index (χ3v) is 16.7. The molecule has 3 aliphatic rings. The molecule has 0 spiro atoms. The molecule has 1 aliphatic carbocycles. The van der Waals surface area contributed by atoms with E-state index in [1.807, 2.05) is 13.1 Å². The number of imidazole rings is 1. The van der Waals surface area contributed by atoms with Gasteiger partial charge in [-0.3, -0.25) is 27.9 Å². The summed E-state index contributed by atoms with van der Waals surface area (Å²) in [5, 5.41) is -0.255. The Kier molecular flexibility index (Phi) is 10.0. The number of rotatable bonds is 5. The number of nitrogens with two attached hydrogens (primary N) is 1. The van der Waals surface area contributed by atoms with Crippen molar-refractivity contribution in [3.63, 3.8) is 0 Å². The van der Waals surface area contributed by atoms with Crippen LogP contribution in [0.1, 0.15) is 39.8 Å². The van der Waals surface area contributed by atoms with E-state index in [9.17, 15) is 14.3 Å². The predicted octanol–water partition coefficient (Wildman–Crippen LogP) is 3.71. The van der Waals surface area contributed by atoms with Crippen molar-refractivity contribution in [1.82, 2.24) is 29.5 Å². The standard InChI is InChI=1S/C26H39N7O10P2S2Si/c1-26(2,3)48(4,5)43-20-17-11-38-44(35,46)41-16-9-15(39-18-6-7-28-12-29-18)8-14(16)10-37-45(36,47)42-21(20)24(40-17)33-13-30-19-22(33)31-25(27)32-23(19)34/h6-7,12-17,20-21,24H,8-11H2,1-5H3,(H,35,46)(H,36,47)(H3,27,31,32,34)/t14-,15-,16+,17-,20-,21-,24-,44?,45?/m1/s1. The normalized spacial score (nSPS) is 35.0. The minimum Gasteiger partial charge on any atom is -0.474 e. The smallest absolute Gasteiger partial charge is 0.386 e. The fraction of sp³-hybridized carbons (Fsp3) is 0.654. The fourth-order valence-electron chi connectivity index (χ4n) is 5.67. The van der Waals surface area contributed by atoms with E-state index in [1.54, 1.807) is 12.3 Å². The van der Waals surface area contributed by atoms with Crippen molar-refractivity contribution in [3.05, 3.63) is 35.3 Å². The van der Waals surface area contributed by atoms with Gasteiger partial charge in [-0.25, -0.2) is 19.5 Å². The molecule has 264 valence electrons. The molecule has 1 saturated carbocycles. The lowest BCUT2D eigenvalue weighted by molar-refractivity contribution is -0.0493. The van der Waals surface area contributed by atoms with Crippen LogP contribution in [0.5, 0.6) is 5.88 Å². The highest BCUT2D eigenvalue weighted by Gasteiger charge is 2.54. The molecule has 2 unspecified atom stereocenters. The Morgan fingerprint density at radius 2 is 1.96 bits per heavy atom. The number of nitrogens with one attached hydrogen (secondary N) is 1. The molecule has 2 bridgehead atoms. The van der Waals surface area contributed by atoms with Gasteiger partial charge < -0.3 is 29.1 Å². The van der Waals surface area contributed by atoms with E-state index in [1.165, 1.54) is 17.2 Å². The fourth-order valence-corrected chi connectivity index (χ4v) is 10.0. The van der Waals surface area contributed by atoms with Crippen molar-refractivity contribution >= 4 is 63.0 Å². The first-order valence-corrected chi connectivity index (χ1v) is 23.4. The Labute approximate surface area is 287 Å². The van der Waals surface area contributed by atoms with Crippen LogP contribution in [-0.2, 0) is 43.6 Å². The highest BCUT2D eigenvalue weighted by Crippen LogP contribution is 2.59. The van der Waals surface area contributed by atoms with Gasteiger partial charge in [-0.05, 0) is 36.4 Å². The molecule has 48 heavy (non-hydrogen) atoms. The number of aromatic nitrogens is 6. The maximum atomic E-state index is 13.7. The van der Waals surface area contributed by atoms with Gasteiger partial charge in [0.1, 0.15) is 30.7 Å². The van der Waals surface area contributed by atoms with Crippen LogP contribution in [0.2, 0.25) is 18.1 Å². The summed E-state index contributed by atoms with van der Waals surface area (Å²) >= 11 is 9.87. The first kappa shape index (κ1) is 36.0. The Morgan fingerprint density at radius 3 is 2.67 bits per heavy atom. The van der Waals surface area contributed by atoms with Gasteiger partial charge in [-0.2, -0.15) is 4.98 Å². The lowest BCUT2D eigenvalue weighted by Gasteiger charge is -2.40. The van der Waals surface area contributed by atoms with Crippen LogP contribution in [0.3, 0.4) is 0 Å². The Bertz CT molecular complexity index is 1800. The van der Waals surface area contributed by atoms with Crippen molar-refractivity contribution in [2.45, 2.75) is 88.5 Å². The zero-order valence-electron chi connectivity index (χ0n) is 26.9. The third-order valence-electron chi connectivity index (χ3n) is 9.05. The minimum absolute atomic E-state index is 0.00136. The average Bonchev–Trinajstić information content (AvgIpc) is 3.66. The summed E-state index contributed by atoms with van der Waals surface area (Å²) in [4.78, 5) is 43.1. The first-order valence-electron chi connectivity index (χ1n) is 15.2. The van der Waals surface area contributed by atoms with Crippen LogP contribution in [0.25, 0.3) is 11.2 Å². The molecule has 3 aromatic heterocycles. The van der Waals surface area contributed by atoms with Crippen LogP contribution in [-0.4, -0.2) is 86.4 Å². The number of aromatic amines is 1. The molecule has 5 heterocycles. The van der Waals surface area contributed by atoms with Crippen molar-refractivity contribution in [2.24, 2.45) is 5.92 Å². The summed E-state index contributed by atoms with van der Waals surface area (Å²) < 4.78 is 58.6. The van der Waals surface area contributed by atoms with E-state index in [2.05, 4.69) is 57.9 Å². The summed E-state index contributed by atoms with van der Waals surface area (Å²) in [7, 11) is -2.58. The zero-order chi connectivity index (χ0) is 34.6. The molecule has 0 amide bonds. The summed E-state index contributed by atoms with van der Waals surface area (Å²) in [6.45, 7) is 1.80. The lowest BCUT2D eigenvalue weighted by atomic mass is 10.1. The van der Waals surface area contributed by atoms with E-state index in [-0.39, 0.29) is 41.5 Å². The molecular weight excluding hydrogens is 724 g/mol. The van der Waals surface area contributed by atoms with Crippen molar-refractivity contribution in [1.29, 1.82) is 0 Å². The number of H-pyrrole nitrogens is 1. The summed E-state index contributed by atoms with van der Waals surface area (Å²) in [5.74, 6) is -0.208. The second-order valence-corrected chi connectivity index (χ2v) is 23.9. The molecule has 4 N–H and O–H groups in total. The van der Waals surface area contributed by atoms with Crippen LogP contribution in [0, 0.1) is 5.92 Å².